The molecule has 2 heterocycles. The summed E-state index contributed by atoms with van der Waals surface area (Å²) in [6.07, 6.45) is 1.76. The molecule has 0 saturated heterocycles. The van der Waals surface area contributed by atoms with E-state index in [0.717, 1.165) is 22.8 Å². The van der Waals surface area contributed by atoms with Crippen LogP contribution < -0.4 is 20.1 Å². The second-order valence-corrected chi connectivity index (χ2v) is 5.58. The van der Waals surface area contributed by atoms with E-state index in [1.165, 1.54) is 0 Å². The third-order valence-electron chi connectivity index (χ3n) is 3.68. The molecule has 3 aromatic rings. The maximum absolute atomic E-state index is 5.42. The number of nitrogens with one attached hydrogen (secondary N) is 2. The Bertz CT molecular complexity index is 871. The summed E-state index contributed by atoms with van der Waals surface area (Å²) >= 11 is 0. The Hall–Kier alpha value is -3.35. The molecule has 7 nitrogen and oxygen atoms in total. The first-order valence-electron chi connectivity index (χ1n) is 8.16. The van der Waals surface area contributed by atoms with Gasteiger partial charge in [-0.05, 0) is 31.2 Å². The van der Waals surface area contributed by atoms with Crippen LogP contribution in [0, 0.1) is 6.92 Å². The van der Waals surface area contributed by atoms with Gasteiger partial charge in [0.15, 0.2) is 0 Å². The minimum Gasteiger partial charge on any atom is -0.497 e. The molecule has 0 unspecified atom stereocenters. The van der Waals surface area contributed by atoms with Crippen molar-refractivity contribution in [3.05, 3.63) is 60.0 Å². The smallest absolute Gasteiger partial charge is 0.225 e. The van der Waals surface area contributed by atoms with E-state index in [0.29, 0.717) is 24.1 Å². The van der Waals surface area contributed by atoms with Gasteiger partial charge in [0.2, 0.25) is 5.95 Å². The van der Waals surface area contributed by atoms with Crippen LogP contribution >= 0.6 is 0 Å². The largest absolute Gasteiger partial charge is 0.497 e. The molecule has 2 aromatic heterocycles. The third kappa shape index (κ3) is 4.38. The van der Waals surface area contributed by atoms with Gasteiger partial charge in [0.05, 0.1) is 32.1 Å². The van der Waals surface area contributed by atoms with Crippen molar-refractivity contribution in [2.45, 2.75) is 13.5 Å². The van der Waals surface area contributed by atoms with Crippen molar-refractivity contribution in [2.75, 3.05) is 24.9 Å². The van der Waals surface area contributed by atoms with Crippen LogP contribution in [-0.2, 0) is 6.54 Å². The van der Waals surface area contributed by atoms with Gasteiger partial charge in [-0.1, -0.05) is 6.07 Å². The van der Waals surface area contributed by atoms with Crippen molar-refractivity contribution >= 4 is 17.5 Å². The molecule has 0 fully saturated rings. The van der Waals surface area contributed by atoms with Crippen LogP contribution in [0.15, 0.2) is 48.7 Å². The SMILES string of the molecule is COc1ccc(Nc2cc(C)nc(NCc3ccccn3)n2)c(OC)c1. The van der Waals surface area contributed by atoms with E-state index in [-0.39, 0.29) is 0 Å². The standard InChI is InChI=1S/C19H21N5O2/c1-13-10-18(23-16-8-7-15(25-2)11-17(16)26-3)24-19(22-13)21-12-14-6-4-5-9-20-14/h4-11H,12H2,1-3H3,(H2,21,22,23,24). The van der Waals surface area contributed by atoms with Crippen molar-refractivity contribution in [1.29, 1.82) is 0 Å². The molecule has 2 N–H and O–H groups in total. The normalized spacial score (nSPS) is 10.3. The monoisotopic (exact) mass is 351 g/mol. The van der Waals surface area contributed by atoms with Crippen molar-refractivity contribution in [1.82, 2.24) is 15.0 Å². The Kier molecular flexibility index (Phi) is 5.48. The second kappa shape index (κ2) is 8.15. The Balaban J connectivity index is 1.77. The predicted molar refractivity (Wildman–Crippen MR) is 101 cm³/mol. The maximum Gasteiger partial charge on any atom is 0.225 e. The number of methoxy groups -OCH3 is 2. The molecule has 7 heteroatoms. The van der Waals surface area contributed by atoms with E-state index in [4.69, 9.17) is 9.47 Å². The van der Waals surface area contributed by atoms with Crippen molar-refractivity contribution in [2.24, 2.45) is 0 Å². The van der Waals surface area contributed by atoms with Gasteiger partial charge in [-0.3, -0.25) is 4.98 Å². The maximum atomic E-state index is 5.42. The van der Waals surface area contributed by atoms with Gasteiger partial charge < -0.3 is 20.1 Å². The summed E-state index contributed by atoms with van der Waals surface area (Å²) in [4.78, 5) is 13.2. The number of anilines is 3. The molecule has 0 saturated carbocycles. The molecular weight excluding hydrogens is 330 g/mol. The van der Waals surface area contributed by atoms with Crippen LogP contribution in [-0.4, -0.2) is 29.2 Å². The molecule has 0 spiro atoms. The summed E-state index contributed by atoms with van der Waals surface area (Å²) < 4.78 is 10.6. The number of hydrogen-bond donors (Lipinski definition) is 2. The number of aromatic nitrogens is 3. The van der Waals surface area contributed by atoms with Gasteiger partial charge in [0, 0.05) is 24.0 Å². The zero-order valence-corrected chi connectivity index (χ0v) is 15.0. The Morgan fingerprint density at radius 1 is 1.00 bits per heavy atom. The van der Waals surface area contributed by atoms with E-state index in [2.05, 4.69) is 25.6 Å². The Morgan fingerprint density at radius 3 is 2.62 bits per heavy atom. The summed E-state index contributed by atoms with van der Waals surface area (Å²) in [5.74, 6) is 2.60. The molecule has 0 atom stereocenters. The fourth-order valence-corrected chi connectivity index (χ4v) is 2.42. The van der Waals surface area contributed by atoms with E-state index >= 15 is 0 Å². The van der Waals surface area contributed by atoms with E-state index in [1.54, 1.807) is 20.4 Å². The highest BCUT2D eigenvalue weighted by atomic mass is 16.5. The number of aryl methyl sites for hydroxylation is 1. The Labute approximate surface area is 152 Å². The first-order valence-corrected chi connectivity index (χ1v) is 8.16. The molecule has 0 aliphatic rings. The molecule has 0 amide bonds. The summed E-state index contributed by atoms with van der Waals surface area (Å²) in [5.41, 5.74) is 2.56. The molecule has 0 radical (unpaired) electrons. The van der Waals surface area contributed by atoms with Crippen LogP contribution in [0.4, 0.5) is 17.5 Å². The quantitative estimate of drug-likeness (QED) is 0.673. The average molecular weight is 351 g/mol. The van der Waals surface area contributed by atoms with Crippen LogP contribution in [0.3, 0.4) is 0 Å². The molecule has 0 aliphatic carbocycles. The molecule has 26 heavy (non-hydrogen) atoms. The van der Waals surface area contributed by atoms with Gasteiger partial charge in [-0.25, -0.2) is 4.98 Å². The lowest BCUT2D eigenvalue weighted by Gasteiger charge is -2.13. The second-order valence-electron chi connectivity index (χ2n) is 5.58. The van der Waals surface area contributed by atoms with E-state index in [1.807, 2.05) is 49.4 Å². The van der Waals surface area contributed by atoms with Crippen LogP contribution in [0.25, 0.3) is 0 Å². The molecule has 0 aliphatic heterocycles. The lowest BCUT2D eigenvalue weighted by molar-refractivity contribution is 0.395. The Morgan fingerprint density at radius 2 is 1.88 bits per heavy atom. The van der Waals surface area contributed by atoms with Gasteiger partial charge in [-0.15, -0.1) is 0 Å². The van der Waals surface area contributed by atoms with Crippen molar-refractivity contribution in [3.63, 3.8) is 0 Å². The summed E-state index contributed by atoms with van der Waals surface area (Å²) in [6.45, 7) is 2.47. The topological polar surface area (TPSA) is 81.2 Å². The molecule has 1 aromatic carbocycles. The fourth-order valence-electron chi connectivity index (χ4n) is 2.42. The van der Waals surface area contributed by atoms with Gasteiger partial charge in [-0.2, -0.15) is 4.98 Å². The fraction of sp³-hybridized carbons (Fsp3) is 0.211. The van der Waals surface area contributed by atoms with Gasteiger partial charge in [0.1, 0.15) is 17.3 Å². The highest BCUT2D eigenvalue weighted by molar-refractivity contribution is 5.66. The number of ether oxygens (including phenoxy) is 2. The predicted octanol–water partition coefficient (Wildman–Crippen LogP) is 3.55. The molecule has 3 rings (SSSR count). The van der Waals surface area contributed by atoms with Gasteiger partial charge in [0.25, 0.3) is 0 Å². The number of hydrogen-bond acceptors (Lipinski definition) is 7. The van der Waals surface area contributed by atoms with Crippen LogP contribution in [0.1, 0.15) is 11.4 Å². The first-order chi connectivity index (χ1) is 12.7. The molecule has 0 bridgehead atoms. The third-order valence-corrected chi connectivity index (χ3v) is 3.68. The zero-order chi connectivity index (χ0) is 18.4. The summed E-state index contributed by atoms with van der Waals surface area (Å²) in [6, 6.07) is 13.2. The summed E-state index contributed by atoms with van der Waals surface area (Å²) in [5, 5.41) is 6.47. The van der Waals surface area contributed by atoms with Crippen LogP contribution in [0.5, 0.6) is 11.5 Å². The number of benzene rings is 1. The molecular formula is C19H21N5O2. The number of pyridine rings is 1. The highest BCUT2D eigenvalue weighted by Gasteiger charge is 2.08. The molecule has 134 valence electrons. The van der Waals surface area contributed by atoms with Crippen LogP contribution in [0.2, 0.25) is 0 Å². The first kappa shape index (κ1) is 17.5. The van der Waals surface area contributed by atoms with Crippen molar-refractivity contribution < 1.29 is 9.47 Å². The highest BCUT2D eigenvalue weighted by Crippen LogP contribution is 2.31. The average Bonchev–Trinajstić information content (AvgIpc) is 2.67. The van der Waals surface area contributed by atoms with Gasteiger partial charge >= 0.3 is 0 Å². The number of nitrogens with zero attached hydrogens (tertiary/aromatic N) is 3. The minimum absolute atomic E-state index is 0.533. The summed E-state index contributed by atoms with van der Waals surface area (Å²) in [7, 11) is 3.24. The van der Waals surface area contributed by atoms with Crippen molar-refractivity contribution in [3.8, 4) is 11.5 Å². The van der Waals surface area contributed by atoms with E-state index in [9.17, 15) is 0 Å². The lowest BCUT2D eigenvalue weighted by Crippen LogP contribution is -2.07. The number of rotatable bonds is 7. The van der Waals surface area contributed by atoms with E-state index < -0.39 is 0 Å². The zero-order valence-electron chi connectivity index (χ0n) is 15.0. The minimum atomic E-state index is 0.533. The lowest BCUT2D eigenvalue weighted by atomic mass is 10.2.